The molecule has 0 aromatic heterocycles. The van der Waals surface area contributed by atoms with E-state index in [1.165, 1.54) is 12.1 Å². The van der Waals surface area contributed by atoms with Gasteiger partial charge in [-0.15, -0.1) is 0 Å². The number of fused-ring (bicyclic) bond motifs is 1. The van der Waals surface area contributed by atoms with Crippen molar-refractivity contribution in [3.8, 4) is 0 Å². The van der Waals surface area contributed by atoms with Crippen LogP contribution in [0.4, 0.5) is 0 Å². The zero-order valence-corrected chi connectivity index (χ0v) is 9.86. The van der Waals surface area contributed by atoms with E-state index < -0.39 is 21.8 Å². The SMILES string of the molecule is Cc1ccc2c(c1)S(=O)(=O)C(C(N)C(=O)O)=C2. The minimum atomic E-state index is -3.76. The first-order valence-corrected chi connectivity index (χ1v) is 6.38. The second-order valence-corrected chi connectivity index (χ2v) is 5.83. The first-order chi connectivity index (χ1) is 7.84. The fourth-order valence-electron chi connectivity index (χ4n) is 1.73. The van der Waals surface area contributed by atoms with Crippen molar-refractivity contribution < 1.29 is 18.3 Å². The van der Waals surface area contributed by atoms with Gasteiger partial charge in [-0.25, -0.2) is 8.42 Å². The van der Waals surface area contributed by atoms with Gasteiger partial charge in [0.2, 0.25) is 9.84 Å². The standard InChI is InChI=1S/C11H11NO4S/c1-6-2-3-7-5-9(10(12)11(13)14)17(15,16)8(7)4-6/h2-5,10H,12H2,1H3,(H,13,14). The lowest BCUT2D eigenvalue weighted by atomic mass is 10.1. The molecule has 90 valence electrons. The fraction of sp³-hybridized carbons (Fsp3) is 0.182. The molecular weight excluding hydrogens is 242 g/mol. The maximum absolute atomic E-state index is 12.1. The van der Waals surface area contributed by atoms with E-state index in [1.54, 1.807) is 19.1 Å². The summed E-state index contributed by atoms with van der Waals surface area (Å²) in [4.78, 5) is 10.6. The van der Waals surface area contributed by atoms with E-state index in [0.29, 0.717) is 5.56 Å². The number of sulfone groups is 1. The van der Waals surface area contributed by atoms with Crippen LogP contribution in [0.1, 0.15) is 11.1 Å². The highest BCUT2D eigenvalue weighted by Gasteiger charge is 2.36. The van der Waals surface area contributed by atoms with Crippen LogP contribution in [0.25, 0.3) is 6.08 Å². The molecule has 1 aromatic rings. The summed E-state index contributed by atoms with van der Waals surface area (Å²) in [6.07, 6.45) is 1.32. The third kappa shape index (κ3) is 1.75. The quantitative estimate of drug-likeness (QED) is 0.801. The van der Waals surface area contributed by atoms with Crippen molar-refractivity contribution in [1.29, 1.82) is 0 Å². The Morgan fingerprint density at radius 1 is 1.41 bits per heavy atom. The second kappa shape index (κ2) is 3.68. The summed E-state index contributed by atoms with van der Waals surface area (Å²) < 4.78 is 24.1. The summed E-state index contributed by atoms with van der Waals surface area (Å²) in [6.45, 7) is 1.77. The molecule has 2 rings (SSSR count). The van der Waals surface area contributed by atoms with E-state index >= 15 is 0 Å². The Morgan fingerprint density at radius 3 is 2.65 bits per heavy atom. The Bertz CT molecular complexity index is 631. The molecule has 6 heteroatoms. The highest BCUT2D eigenvalue weighted by molar-refractivity contribution is 7.96. The molecule has 1 aliphatic heterocycles. The Kier molecular flexibility index (Phi) is 2.56. The van der Waals surface area contributed by atoms with Crippen LogP contribution in [0.15, 0.2) is 28.0 Å². The highest BCUT2D eigenvalue weighted by atomic mass is 32.2. The Labute approximate surface area is 98.5 Å². The van der Waals surface area contributed by atoms with Gasteiger partial charge in [-0.1, -0.05) is 12.1 Å². The Hall–Kier alpha value is -1.66. The average Bonchev–Trinajstić information content (AvgIpc) is 2.50. The van der Waals surface area contributed by atoms with Gasteiger partial charge in [-0.3, -0.25) is 4.79 Å². The second-order valence-electron chi connectivity index (χ2n) is 3.91. The van der Waals surface area contributed by atoms with E-state index in [4.69, 9.17) is 10.8 Å². The summed E-state index contributed by atoms with van der Waals surface area (Å²) in [5, 5.41) is 8.78. The number of hydrogen-bond donors (Lipinski definition) is 2. The molecule has 0 aliphatic carbocycles. The molecule has 0 amide bonds. The topological polar surface area (TPSA) is 97.5 Å². The summed E-state index contributed by atoms with van der Waals surface area (Å²) in [7, 11) is -3.76. The molecule has 0 bridgehead atoms. The number of carboxylic acid groups (broad SMARTS) is 1. The van der Waals surface area contributed by atoms with Gasteiger partial charge in [0, 0.05) is 0 Å². The maximum atomic E-state index is 12.1. The fourth-order valence-corrected chi connectivity index (χ4v) is 3.48. The molecule has 0 saturated carbocycles. The van der Waals surface area contributed by atoms with E-state index in [9.17, 15) is 13.2 Å². The van der Waals surface area contributed by atoms with Crippen LogP contribution >= 0.6 is 0 Å². The largest absolute Gasteiger partial charge is 0.480 e. The van der Waals surface area contributed by atoms with Gasteiger partial charge in [0.1, 0.15) is 6.04 Å². The van der Waals surface area contributed by atoms with Crippen molar-refractivity contribution in [3.05, 3.63) is 34.2 Å². The molecule has 5 nitrogen and oxygen atoms in total. The van der Waals surface area contributed by atoms with Gasteiger partial charge in [-0.05, 0) is 30.2 Å². The van der Waals surface area contributed by atoms with Crippen LogP contribution < -0.4 is 5.73 Å². The molecule has 0 radical (unpaired) electrons. The van der Waals surface area contributed by atoms with Crippen molar-refractivity contribution in [2.24, 2.45) is 5.73 Å². The van der Waals surface area contributed by atoms with Gasteiger partial charge in [-0.2, -0.15) is 0 Å². The van der Waals surface area contributed by atoms with Crippen LogP contribution in [-0.4, -0.2) is 25.5 Å². The molecule has 1 atom stereocenters. The normalized spacial score (nSPS) is 18.4. The maximum Gasteiger partial charge on any atom is 0.325 e. The van der Waals surface area contributed by atoms with Crippen molar-refractivity contribution in [3.63, 3.8) is 0 Å². The number of benzene rings is 1. The monoisotopic (exact) mass is 253 g/mol. The Morgan fingerprint density at radius 2 is 2.06 bits per heavy atom. The van der Waals surface area contributed by atoms with Crippen LogP contribution in [0.3, 0.4) is 0 Å². The van der Waals surface area contributed by atoms with Gasteiger partial charge in [0.05, 0.1) is 9.80 Å². The first kappa shape index (κ1) is 11.8. The molecule has 0 saturated heterocycles. The summed E-state index contributed by atoms with van der Waals surface area (Å²) >= 11 is 0. The number of rotatable bonds is 2. The van der Waals surface area contributed by atoms with Gasteiger partial charge in [0.15, 0.2) is 0 Å². The summed E-state index contributed by atoms with van der Waals surface area (Å²) in [5.41, 5.74) is 6.65. The van der Waals surface area contributed by atoms with Crippen molar-refractivity contribution in [1.82, 2.24) is 0 Å². The van der Waals surface area contributed by atoms with Crippen LogP contribution in [0.2, 0.25) is 0 Å². The number of aliphatic carboxylic acids is 1. The molecule has 0 fully saturated rings. The smallest absolute Gasteiger partial charge is 0.325 e. The lowest BCUT2D eigenvalue weighted by Crippen LogP contribution is -2.34. The zero-order chi connectivity index (χ0) is 12.8. The highest BCUT2D eigenvalue weighted by Crippen LogP contribution is 2.34. The van der Waals surface area contributed by atoms with Crippen molar-refractivity contribution in [2.45, 2.75) is 17.9 Å². The number of hydrogen-bond acceptors (Lipinski definition) is 4. The van der Waals surface area contributed by atoms with E-state index in [1.807, 2.05) is 0 Å². The lowest BCUT2D eigenvalue weighted by Gasteiger charge is -2.07. The molecule has 1 heterocycles. The number of nitrogens with two attached hydrogens (primary N) is 1. The summed E-state index contributed by atoms with van der Waals surface area (Å²) in [6, 6.07) is 3.40. The predicted molar refractivity (Wildman–Crippen MR) is 62.0 cm³/mol. The lowest BCUT2D eigenvalue weighted by molar-refractivity contribution is -0.137. The zero-order valence-electron chi connectivity index (χ0n) is 9.04. The van der Waals surface area contributed by atoms with Crippen LogP contribution in [0.5, 0.6) is 0 Å². The first-order valence-electron chi connectivity index (χ1n) is 4.90. The molecule has 0 spiro atoms. The molecule has 1 aromatic carbocycles. The summed E-state index contributed by atoms with van der Waals surface area (Å²) in [5.74, 6) is -1.36. The third-order valence-electron chi connectivity index (χ3n) is 2.64. The molecule has 3 N–H and O–H groups in total. The predicted octanol–water partition coefficient (Wildman–Crippen LogP) is 0.535. The Balaban J connectivity index is 2.61. The van der Waals surface area contributed by atoms with E-state index in [-0.39, 0.29) is 9.80 Å². The molecular formula is C11H11NO4S. The van der Waals surface area contributed by atoms with Gasteiger partial charge < -0.3 is 10.8 Å². The van der Waals surface area contributed by atoms with Crippen molar-refractivity contribution in [2.75, 3.05) is 0 Å². The minimum absolute atomic E-state index is 0.129. The third-order valence-corrected chi connectivity index (χ3v) is 4.56. The van der Waals surface area contributed by atoms with Crippen LogP contribution in [0, 0.1) is 6.92 Å². The average molecular weight is 253 g/mol. The van der Waals surface area contributed by atoms with Gasteiger partial charge >= 0.3 is 5.97 Å². The molecule has 1 unspecified atom stereocenters. The minimum Gasteiger partial charge on any atom is -0.480 e. The molecule has 17 heavy (non-hydrogen) atoms. The number of aryl methyl sites for hydroxylation is 1. The van der Waals surface area contributed by atoms with Gasteiger partial charge in [0.25, 0.3) is 0 Å². The number of carbonyl (C=O) groups is 1. The van der Waals surface area contributed by atoms with E-state index in [0.717, 1.165) is 5.56 Å². The van der Waals surface area contributed by atoms with Crippen LogP contribution in [-0.2, 0) is 14.6 Å². The van der Waals surface area contributed by atoms with E-state index in [2.05, 4.69) is 0 Å². The van der Waals surface area contributed by atoms with Crippen molar-refractivity contribution >= 4 is 21.9 Å². The number of carboxylic acids is 1. The molecule has 1 aliphatic rings.